The van der Waals surface area contributed by atoms with E-state index in [0.717, 1.165) is 49.5 Å². The van der Waals surface area contributed by atoms with Gasteiger partial charge in [0, 0.05) is 0 Å². The van der Waals surface area contributed by atoms with E-state index in [1.807, 2.05) is 13.0 Å². The summed E-state index contributed by atoms with van der Waals surface area (Å²) in [4.78, 5) is 0. The van der Waals surface area contributed by atoms with Gasteiger partial charge in [-0.25, -0.2) is 4.39 Å². The van der Waals surface area contributed by atoms with Gasteiger partial charge in [0.2, 0.25) is 0 Å². The highest BCUT2D eigenvalue weighted by molar-refractivity contribution is 5.38. The second-order valence-corrected chi connectivity index (χ2v) is 5.24. The zero-order valence-electron chi connectivity index (χ0n) is 11.9. The molecule has 1 unspecified atom stereocenters. The third kappa shape index (κ3) is 3.84. The van der Waals surface area contributed by atoms with Crippen molar-refractivity contribution in [3.63, 3.8) is 0 Å². The van der Waals surface area contributed by atoms with Gasteiger partial charge in [-0.05, 0) is 56.0 Å². The van der Waals surface area contributed by atoms with Crippen molar-refractivity contribution in [2.45, 2.75) is 44.8 Å². The normalized spacial score (nSPS) is 17.5. The van der Waals surface area contributed by atoms with Gasteiger partial charge in [-0.1, -0.05) is 18.6 Å². The van der Waals surface area contributed by atoms with Crippen molar-refractivity contribution in [2.75, 3.05) is 6.54 Å². The van der Waals surface area contributed by atoms with E-state index < -0.39 is 23.6 Å². The van der Waals surface area contributed by atoms with E-state index in [-0.39, 0.29) is 5.56 Å². The fourth-order valence-electron chi connectivity index (χ4n) is 2.80. The summed E-state index contributed by atoms with van der Waals surface area (Å²) in [6.45, 7) is 2.36. The smallest absolute Gasteiger partial charge is 0.307 e. The van der Waals surface area contributed by atoms with Crippen molar-refractivity contribution in [3.8, 4) is 0 Å². The van der Waals surface area contributed by atoms with E-state index in [4.69, 9.17) is 0 Å². The second-order valence-electron chi connectivity index (χ2n) is 5.24. The number of benzene rings is 1. The summed E-state index contributed by atoms with van der Waals surface area (Å²) in [5.74, 6) is -0.641. The summed E-state index contributed by atoms with van der Waals surface area (Å²) in [5, 5.41) is 3.07. The molecule has 1 aromatic rings. The van der Waals surface area contributed by atoms with Gasteiger partial charge in [-0.2, -0.15) is 13.2 Å². The van der Waals surface area contributed by atoms with Crippen LogP contribution in [0.4, 0.5) is 17.6 Å². The SMILES string of the molecule is CCNC(C1=CCCCC1)c1cc(F)ccc1C(F)(F)F. The molecule has 0 saturated heterocycles. The lowest BCUT2D eigenvalue weighted by Crippen LogP contribution is -2.26. The number of hydrogen-bond donors (Lipinski definition) is 1. The quantitative estimate of drug-likeness (QED) is 0.610. The van der Waals surface area contributed by atoms with Gasteiger partial charge >= 0.3 is 6.18 Å². The van der Waals surface area contributed by atoms with E-state index >= 15 is 0 Å². The third-order valence-corrected chi connectivity index (χ3v) is 3.74. The molecule has 0 heterocycles. The minimum absolute atomic E-state index is 0.0162. The van der Waals surface area contributed by atoms with Gasteiger partial charge in [0.25, 0.3) is 0 Å². The summed E-state index contributed by atoms with van der Waals surface area (Å²) < 4.78 is 53.0. The zero-order chi connectivity index (χ0) is 15.5. The van der Waals surface area contributed by atoms with E-state index in [1.54, 1.807) is 0 Å². The van der Waals surface area contributed by atoms with Crippen LogP contribution < -0.4 is 5.32 Å². The fraction of sp³-hybridized carbons (Fsp3) is 0.500. The number of allylic oxidation sites excluding steroid dienone is 1. The zero-order valence-corrected chi connectivity index (χ0v) is 11.9. The molecule has 1 atom stereocenters. The molecule has 0 spiro atoms. The molecule has 2 rings (SSSR count). The highest BCUT2D eigenvalue weighted by Gasteiger charge is 2.36. The molecule has 0 radical (unpaired) electrons. The maximum Gasteiger partial charge on any atom is 0.416 e. The molecule has 116 valence electrons. The minimum atomic E-state index is -4.48. The highest BCUT2D eigenvalue weighted by Crippen LogP contribution is 2.39. The number of hydrogen-bond acceptors (Lipinski definition) is 1. The molecule has 21 heavy (non-hydrogen) atoms. The van der Waals surface area contributed by atoms with Crippen LogP contribution in [0.15, 0.2) is 29.8 Å². The first-order chi connectivity index (χ1) is 9.93. The molecule has 1 aliphatic carbocycles. The fourth-order valence-corrected chi connectivity index (χ4v) is 2.80. The summed E-state index contributed by atoms with van der Waals surface area (Å²) in [7, 11) is 0. The Balaban J connectivity index is 2.48. The van der Waals surface area contributed by atoms with Crippen molar-refractivity contribution >= 4 is 0 Å². The minimum Gasteiger partial charge on any atom is -0.307 e. The molecule has 0 saturated carbocycles. The third-order valence-electron chi connectivity index (χ3n) is 3.74. The number of alkyl halides is 3. The van der Waals surface area contributed by atoms with Crippen molar-refractivity contribution in [3.05, 3.63) is 46.8 Å². The molecule has 1 nitrogen and oxygen atoms in total. The van der Waals surface area contributed by atoms with Crippen molar-refractivity contribution in [1.29, 1.82) is 0 Å². The predicted molar refractivity (Wildman–Crippen MR) is 74.4 cm³/mol. The monoisotopic (exact) mass is 301 g/mol. The largest absolute Gasteiger partial charge is 0.416 e. The Bertz CT molecular complexity index is 519. The number of likely N-dealkylation sites (N-methyl/N-ethyl adjacent to an activating group) is 1. The maximum absolute atomic E-state index is 13.5. The first kappa shape index (κ1) is 16.0. The average Bonchev–Trinajstić information content (AvgIpc) is 2.44. The van der Waals surface area contributed by atoms with Crippen molar-refractivity contribution in [2.24, 2.45) is 0 Å². The van der Waals surface area contributed by atoms with Crippen LogP contribution in [-0.2, 0) is 6.18 Å². The Kier molecular flexibility index (Phi) is 5.04. The summed E-state index contributed by atoms with van der Waals surface area (Å²) >= 11 is 0. The van der Waals surface area contributed by atoms with Crippen LogP contribution in [-0.4, -0.2) is 6.54 Å². The lowest BCUT2D eigenvalue weighted by atomic mass is 9.87. The number of rotatable bonds is 4. The Morgan fingerprint density at radius 2 is 2.00 bits per heavy atom. The number of nitrogens with one attached hydrogen (secondary N) is 1. The predicted octanol–water partition coefficient (Wildman–Crippen LogP) is 5.00. The van der Waals surface area contributed by atoms with Crippen LogP contribution in [0.3, 0.4) is 0 Å². The van der Waals surface area contributed by atoms with Gasteiger partial charge < -0.3 is 5.32 Å². The van der Waals surface area contributed by atoms with Gasteiger partial charge in [0.05, 0.1) is 11.6 Å². The van der Waals surface area contributed by atoms with E-state index in [0.29, 0.717) is 6.54 Å². The Labute approximate surface area is 122 Å². The van der Waals surface area contributed by atoms with Gasteiger partial charge in [-0.3, -0.25) is 0 Å². The average molecular weight is 301 g/mol. The van der Waals surface area contributed by atoms with Gasteiger partial charge in [0.15, 0.2) is 0 Å². The van der Waals surface area contributed by atoms with E-state index in [1.165, 1.54) is 0 Å². The summed E-state index contributed by atoms with van der Waals surface area (Å²) in [6, 6.07) is 2.14. The lowest BCUT2D eigenvalue weighted by Gasteiger charge is -2.27. The van der Waals surface area contributed by atoms with E-state index in [2.05, 4.69) is 5.32 Å². The molecule has 0 aliphatic heterocycles. The summed E-state index contributed by atoms with van der Waals surface area (Å²) in [5.41, 5.74) is 0.151. The Hall–Kier alpha value is -1.36. The molecular weight excluding hydrogens is 282 g/mol. The van der Waals surface area contributed by atoms with Crippen LogP contribution in [0.1, 0.15) is 49.8 Å². The van der Waals surface area contributed by atoms with Gasteiger partial charge in [-0.15, -0.1) is 0 Å². The van der Waals surface area contributed by atoms with Crippen molar-refractivity contribution < 1.29 is 17.6 Å². The van der Waals surface area contributed by atoms with Crippen LogP contribution >= 0.6 is 0 Å². The van der Waals surface area contributed by atoms with Crippen molar-refractivity contribution in [1.82, 2.24) is 5.32 Å². The molecule has 0 aromatic heterocycles. The molecule has 1 aliphatic rings. The molecule has 5 heteroatoms. The Morgan fingerprint density at radius 3 is 2.57 bits per heavy atom. The Morgan fingerprint density at radius 1 is 1.24 bits per heavy atom. The molecule has 0 bridgehead atoms. The molecule has 1 N–H and O–H groups in total. The molecule has 0 amide bonds. The number of halogens is 4. The maximum atomic E-state index is 13.5. The second kappa shape index (κ2) is 6.60. The molecule has 1 aromatic carbocycles. The summed E-state index contributed by atoms with van der Waals surface area (Å²) in [6.07, 6.45) is 1.15. The highest BCUT2D eigenvalue weighted by atomic mass is 19.4. The molecular formula is C16H19F4N. The van der Waals surface area contributed by atoms with Gasteiger partial charge in [0.1, 0.15) is 5.82 Å². The van der Waals surface area contributed by atoms with Crippen LogP contribution in [0, 0.1) is 5.82 Å². The lowest BCUT2D eigenvalue weighted by molar-refractivity contribution is -0.138. The van der Waals surface area contributed by atoms with Crippen LogP contribution in [0.2, 0.25) is 0 Å². The topological polar surface area (TPSA) is 12.0 Å². The first-order valence-corrected chi connectivity index (χ1v) is 7.22. The van der Waals surface area contributed by atoms with Crippen LogP contribution in [0.25, 0.3) is 0 Å². The van der Waals surface area contributed by atoms with E-state index in [9.17, 15) is 17.6 Å². The first-order valence-electron chi connectivity index (χ1n) is 7.22. The van der Waals surface area contributed by atoms with Crippen LogP contribution in [0.5, 0.6) is 0 Å². The standard InChI is InChI=1S/C16H19F4N/c1-2-21-15(11-6-4-3-5-7-11)13-10-12(17)8-9-14(13)16(18,19)20/h6,8-10,15,21H,2-5,7H2,1H3. The molecule has 0 fully saturated rings.